The number of rotatable bonds is 3. The topological polar surface area (TPSA) is 104 Å². The van der Waals surface area contributed by atoms with E-state index in [-0.39, 0.29) is 17.5 Å². The monoisotopic (exact) mass is 269 g/mol. The van der Waals surface area contributed by atoms with Crippen LogP contribution < -0.4 is 10.7 Å². The van der Waals surface area contributed by atoms with Gasteiger partial charge < -0.3 is 10.3 Å². The van der Waals surface area contributed by atoms with Gasteiger partial charge in [0.25, 0.3) is 5.91 Å². The molecule has 0 fully saturated rings. The lowest BCUT2D eigenvalue weighted by Gasteiger charge is -2.04. The number of pyridine rings is 1. The van der Waals surface area contributed by atoms with Crippen LogP contribution in [0.4, 0.5) is 0 Å². The van der Waals surface area contributed by atoms with Gasteiger partial charge in [0.2, 0.25) is 5.43 Å². The highest BCUT2D eigenvalue weighted by Crippen LogP contribution is 2.06. The average molecular weight is 269 g/mol. The molecule has 2 heterocycles. The molecular formula is C13H11N5O2. The van der Waals surface area contributed by atoms with Crippen molar-refractivity contribution < 1.29 is 4.79 Å². The fourth-order valence-electron chi connectivity index (χ4n) is 1.91. The normalized spacial score (nSPS) is 10.6. The molecule has 0 unspecified atom stereocenters. The van der Waals surface area contributed by atoms with Gasteiger partial charge in [-0.25, -0.2) is 4.98 Å². The summed E-state index contributed by atoms with van der Waals surface area (Å²) in [7, 11) is 0. The van der Waals surface area contributed by atoms with Crippen LogP contribution >= 0.6 is 0 Å². The lowest BCUT2D eigenvalue weighted by atomic mass is 10.1. The molecule has 0 atom stereocenters. The molecule has 3 N–H and O–H groups in total. The van der Waals surface area contributed by atoms with Crippen LogP contribution in [0.3, 0.4) is 0 Å². The number of nitrogens with zero attached hydrogens (tertiary/aromatic N) is 2. The second-order valence-corrected chi connectivity index (χ2v) is 4.19. The van der Waals surface area contributed by atoms with E-state index in [4.69, 9.17) is 0 Å². The van der Waals surface area contributed by atoms with Crippen LogP contribution in [0.2, 0.25) is 0 Å². The van der Waals surface area contributed by atoms with E-state index >= 15 is 0 Å². The maximum Gasteiger partial charge on any atom is 0.257 e. The number of amides is 1. The van der Waals surface area contributed by atoms with Crippen molar-refractivity contribution in [3.63, 3.8) is 0 Å². The molecule has 1 amide bonds. The number of benzene rings is 1. The molecule has 3 aromatic rings. The fourth-order valence-corrected chi connectivity index (χ4v) is 1.91. The van der Waals surface area contributed by atoms with Crippen LogP contribution in [-0.2, 0) is 6.54 Å². The molecule has 0 saturated heterocycles. The van der Waals surface area contributed by atoms with E-state index in [9.17, 15) is 9.59 Å². The molecule has 7 nitrogen and oxygen atoms in total. The average Bonchev–Trinajstić information content (AvgIpc) is 2.99. The van der Waals surface area contributed by atoms with Gasteiger partial charge in [0.05, 0.1) is 6.54 Å². The van der Waals surface area contributed by atoms with Crippen molar-refractivity contribution in [1.29, 1.82) is 0 Å². The highest BCUT2D eigenvalue weighted by Gasteiger charge is 2.12. The van der Waals surface area contributed by atoms with Crippen molar-refractivity contribution in [2.45, 2.75) is 6.54 Å². The first-order valence-electron chi connectivity index (χ1n) is 5.98. The predicted molar refractivity (Wildman–Crippen MR) is 72.1 cm³/mol. The number of fused-ring (bicyclic) bond motifs is 1. The van der Waals surface area contributed by atoms with Crippen molar-refractivity contribution >= 4 is 16.8 Å². The van der Waals surface area contributed by atoms with Crippen molar-refractivity contribution in [1.82, 2.24) is 25.5 Å². The Morgan fingerprint density at radius 2 is 2.15 bits per heavy atom. The Bertz CT molecular complexity index is 807. The molecule has 0 bridgehead atoms. The third-order valence-electron chi connectivity index (χ3n) is 2.91. The Hall–Kier alpha value is -2.96. The fraction of sp³-hybridized carbons (Fsp3) is 0.0769. The quantitative estimate of drug-likeness (QED) is 0.646. The standard InChI is InChI=1S/C13H11N5O2/c19-12-8-3-1-2-4-10(8)14-5-9(12)13(20)15-6-11-16-7-17-18-11/h1-5,7H,6H2,(H,14,19)(H,15,20)(H,16,17,18). The van der Waals surface area contributed by atoms with Gasteiger partial charge in [-0.3, -0.25) is 14.7 Å². The Morgan fingerprint density at radius 1 is 1.30 bits per heavy atom. The number of para-hydroxylation sites is 1. The summed E-state index contributed by atoms with van der Waals surface area (Å²) in [6, 6.07) is 7.05. The molecule has 0 saturated carbocycles. The van der Waals surface area contributed by atoms with Crippen molar-refractivity contribution in [3.8, 4) is 0 Å². The summed E-state index contributed by atoms with van der Waals surface area (Å²) in [4.78, 5) is 31.1. The lowest BCUT2D eigenvalue weighted by Crippen LogP contribution is -2.28. The molecule has 1 aromatic carbocycles. The number of hydrogen-bond acceptors (Lipinski definition) is 4. The lowest BCUT2D eigenvalue weighted by molar-refractivity contribution is 0.0948. The summed E-state index contributed by atoms with van der Waals surface area (Å²) >= 11 is 0. The molecule has 2 aromatic heterocycles. The number of carbonyl (C=O) groups excluding carboxylic acids is 1. The Kier molecular flexibility index (Phi) is 3.00. The SMILES string of the molecule is O=C(NCc1ncn[nH]1)c1c[nH]c2ccccc2c1=O. The zero-order chi connectivity index (χ0) is 13.9. The first-order valence-corrected chi connectivity index (χ1v) is 5.98. The number of carbonyl (C=O) groups is 1. The molecule has 7 heteroatoms. The summed E-state index contributed by atoms with van der Waals surface area (Å²) < 4.78 is 0. The van der Waals surface area contributed by atoms with E-state index in [0.29, 0.717) is 16.7 Å². The number of hydrogen-bond donors (Lipinski definition) is 3. The Balaban J connectivity index is 1.88. The minimum Gasteiger partial charge on any atom is -0.360 e. The first-order chi connectivity index (χ1) is 9.75. The van der Waals surface area contributed by atoms with Crippen LogP contribution in [0.25, 0.3) is 10.9 Å². The van der Waals surface area contributed by atoms with Crippen molar-refractivity contribution in [2.24, 2.45) is 0 Å². The molecule has 100 valence electrons. The van der Waals surface area contributed by atoms with Gasteiger partial charge in [-0.1, -0.05) is 12.1 Å². The molecule has 0 radical (unpaired) electrons. The molecule has 0 aliphatic rings. The summed E-state index contributed by atoms with van der Waals surface area (Å²) in [6.07, 6.45) is 2.77. The van der Waals surface area contributed by atoms with Gasteiger partial charge >= 0.3 is 0 Å². The third kappa shape index (κ3) is 2.16. The van der Waals surface area contributed by atoms with Gasteiger partial charge in [-0.2, -0.15) is 5.10 Å². The summed E-state index contributed by atoms with van der Waals surface area (Å²) in [6.45, 7) is 0.186. The second-order valence-electron chi connectivity index (χ2n) is 4.19. The minimum absolute atomic E-state index is 0.0724. The van der Waals surface area contributed by atoms with Crippen LogP contribution in [0, 0.1) is 0 Å². The van der Waals surface area contributed by atoms with E-state index in [1.165, 1.54) is 12.5 Å². The highest BCUT2D eigenvalue weighted by atomic mass is 16.2. The van der Waals surface area contributed by atoms with E-state index in [1.807, 2.05) is 6.07 Å². The third-order valence-corrected chi connectivity index (χ3v) is 2.91. The van der Waals surface area contributed by atoms with Gasteiger partial charge in [0, 0.05) is 17.1 Å². The van der Waals surface area contributed by atoms with Gasteiger partial charge in [0.15, 0.2) is 0 Å². The van der Waals surface area contributed by atoms with Crippen molar-refractivity contribution in [3.05, 3.63) is 58.4 Å². The van der Waals surface area contributed by atoms with Gasteiger partial charge in [-0.05, 0) is 12.1 Å². The second kappa shape index (κ2) is 4.96. The smallest absolute Gasteiger partial charge is 0.257 e. The van der Waals surface area contributed by atoms with Crippen molar-refractivity contribution in [2.75, 3.05) is 0 Å². The van der Waals surface area contributed by atoms with Crippen LogP contribution in [-0.4, -0.2) is 26.1 Å². The predicted octanol–water partition coefficient (Wildman–Crippen LogP) is 0.576. The van der Waals surface area contributed by atoms with Crippen LogP contribution in [0.5, 0.6) is 0 Å². The molecule has 0 aliphatic carbocycles. The van der Waals surface area contributed by atoms with Crippen LogP contribution in [0.1, 0.15) is 16.2 Å². The van der Waals surface area contributed by atoms with E-state index in [0.717, 1.165) is 0 Å². The zero-order valence-electron chi connectivity index (χ0n) is 10.4. The molecule has 20 heavy (non-hydrogen) atoms. The largest absolute Gasteiger partial charge is 0.360 e. The van der Waals surface area contributed by atoms with E-state index in [2.05, 4.69) is 25.5 Å². The van der Waals surface area contributed by atoms with E-state index in [1.54, 1.807) is 18.2 Å². The molecule has 3 rings (SSSR count). The maximum atomic E-state index is 12.2. The number of H-pyrrole nitrogens is 2. The summed E-state index contributed by atoms with van der Waals surface area (Å²) in [5.74, 6) is 0.0731. The zero-order valence-corrected chi connectivity index (χ0v) is 10.4. The van der Waals surface area contributed by atoms with Crippen LogP contribution in [0.15, 0.2) is 41.6 Å². The molecular weight excluding hydrogens is 258 g/mol. The van der Waals surface area contributed by atoms with Gasteiger partial charge in [-0.15, -0.1) is 0 Å². The summed E-state index contributed by atoms with van der Waals surface area (Å²) in [5, 5.41) is 9.40. The summed E-state index contributed by atoms with van der Waals surface area (Å²) in [5.41, 5.74) is 0.474. The Labute approximate surface area is 113 Å². The Morgan fingerprint density at radius 3 is 2.95 bits per heavy atom. The molecule has 0 aliphatic heterocycles. The number of aromatic nitrogens is 4. The maximum absolute atomic E-state index is 12.2. The number of aromatic amines is 2. The first kappa shape index (κ1) is 12.1. The minimum atomic E-state index is -0.451. The van der Waals surface area contributed by atoms with Gasteiger partial charge in [0.1, 0.15) is 17.7 Å². The van der Waals surface area contributed by atoms with E-state index < -0.39 is 5.91 Å². The highest BCUT2D eigenvalue weighted by molar-refractivity contribution is 5.96. The number of nitrogens with one attached hydrogen (secondary N) is 3. The molecule has 0 spiro atoms.